The molecule has 0 spiro atoms. The zero-order chi connectivity index (χ0) is 22.1. The molecule has 3 heterocycles. The summed E-state index contributed by atoms with van der Waals surface area (Å²) in [5.74, 6) is 0.880. The summed E-state index contributed by atoms with van der Waals surface area (Å²) in [5.41, 5.74) is 1.73. The second-order valence-corrected chi connectivity index (χ2v) is 11.1. The van der Waals surface area contributed by atoms with E-state index in [1.165, 1.54) is 16.9 Å². The maximum atomic E-state index is 13.0. The summed E-state index contributed by atoms with van der Waals surface area (Å²) >= 11 is 2.89. The van der Waals surface area contributed by atoms with Gasteiger partial charge in [0.2, 0.25) is 11.0 Å². The number of carbonyl (C=O) groups excluding carboxylic acids is 1. The van der Waals surface area contributed by atoms with Gasteiger partial charge in [-0.1, -0.05) is 65.6 Å². The number of anilines is 1. The second-order valence-electron chi connectivity index (χ2n) is 7.37. The van der Waals surface area contributed by atoms with Crippen molar-refractivity contribution >= 4 is 50.0 Å². The molecule has 1 saturated heterocycles. The van der Waals surface area contributed by atoms with Gasteiger partial charge in [-0.2, -0.15) is 8.42 Å². The lowest BCUT2D eigenvalue weighted by Crippen LogP contribution is -2.43. The minimum Gasteiger partial charge on any atom is -0.343 e. The SMILES string of the molecule is O=C(Nc1nnc(SCc2ccccc2)s1)[C@@H]1CCCN1C1=NS(=O)(=O)c2ccccc21. The van der Waals surface area contributed by atoms with Gasteiger partial charge in [-0.15, -0.1) is 14.6 Å². The Hall–Kier alpha value is -2.76. The van der Waals surface area contributed by atoms with Crippen LogP contribution < -0.4 is 5.32 Å². The van der Waals surface area contributed by atoms with Crippen LogP contribution >= 0.6 is 23.1 Å². The maximum absolute atomic E-state index is 13.0. The number of carbonyl (C=O) groups is 1. The molecule has 2 aliphatic heterocycles. The monoisotopic (exact) mass is 485 g/mol. The Morgan fingerprint density at radius 3 is 2.75 bits per heavy atom. The molecule has 164 valence electrons. The summed E-state index contributed by atoms with van der Waals surface area (Å²) in [6, 6.07) is 16.3. The molecule has 5 rings (SSSR count). The minimum atomic E-state index is -3.73. The number of likely N-dealkylation sites (tertiary alicyclic amines) is 1. The lowest BCUT2D eigenvalue weighted by molar-refractivity contribution is -0.119. The Labute approximate surface area is 193 Å². The molecule has 0 radical (unpaired) electrons. The van der Waals surface area contributed by atoms with Gasteiger partial charge in [0.25, 0.3) is 10.0 Å². The zero-order valence-corrected chi connectivity index (χ0v) is 19.3. The molecule has 0 bridgehead atoms. The van der Waals surface area contributed by atoms with Crippen LogP contribution in [0.2, 0.25) is 0 Å². The molecule has 1 atom stereocenters. The molecule has 32 heavy (non-hydrogen) atoms. The van der Waals surface area contributed by atoms with Gasteiger partial charge in [0.1, 0.15) is 10.9 Å². The first-order chi connectivity index (χ1) is 15.5. The van der Waals surface area contributed by atoms with E-state index in [0.29, 0.717) is 29.5 Å². The predicted molar refractivity (Wildman–Crippen MR) is 124 cm³/mol. The summed E-state index contributed by atoms with van der Waals surface area (Å²) in [5, 5.41) is 11.5. The van der Waals surface area contributed by atoms with Crippen LogP contribution in [0.15, 0.2) is 68.2 Å². The number of aromatic nitrogens is 2. The van der Waals surface area contributed by atoms with Crippen LogP contribution in [0.4, 0.5) is 5.13 Å². The lowest BCUT2D eigenvalue weighted by Gasteiger charge is -2.25. The molecule has 1 N–H and O–H groups in total. The van der Waals surface area contributed by atoms with Crippen molar-refractivity contribution in [1.29, 1.82) is 0 Å². The highest BCUT2D eigenvalue weighted by Gasteiger charge is 2.39. The van der Waals surface area contributed by atoms with Crippen LogP contribution in [-0.4, -0.2) is 47.8 Å². The number of amides is 1. The van der Waals surface area contributed by atoms with Crippen molar-refractivity contribution in [2.24, 2.45) is 4.40 Å². The second kappa shape index (κ2) is 8.64. The Bertz CT molecular complexity index is 1290. The number of hydrogen-bond donors (Lipinski definition) is 1. The van der Waals surface area contributed by atoms with E-state index in [1.54, 1.807) is 40.9 Å². The van der Waals surface area contributed by atoms with E-state index in [-0.39, 0.29) is 10.8 Å². The summed E-state index contributed by atoms with van der Waals surface area (Å²) in [4.78, 5) is 15.0. The largest absolute Gasteiger partial charge is 0.343 e. The fraction of sp³-hybridized carbons (Fsp3) is 0.238. The van der Waals surface area contributed by atoms with E-state index in [0.717, 1.165) is 16.5 Å². The van der Waals surface area contributed by atoms with Crippen LogP contribution in [0.1, 0.15) is 24.0 Å². The lowest BCUT2D eigenvalue weighted by atomic mass is 10.1. The van der Waals surface area contributed by atoms with E-state index in [2.05, 4.69) is 32.0 Å². The molecule has 0 unspecified atom stereocenters. The first kappa shape index (κ1) is 21.1. The van der Waals surface area contributed by atoms with Crippen LogP contribution in [0.3, 0.4) is 0 Å². The number of thioether (sulfide) groups is 1. The molecule has 8 nitrogen and oxygen atoms in total. The van der Waals surface area contributed by atoms with Gasteiger partial charge in [-0.3, -0.25) is 10.1 Å². The first-order valence-electron chi connectivity index (χ1n) is 10.0. The smallest absolute Gasteiger partial charge is 0.285 e. The maximum Gasteiger partial charge on any atom is 0.285 e. The topological polar surface area (TPSA) is 105 Å². The van der Waals surface area contributed by atoms with Gasteiger partial charge < -0.3 is 4.90 Å². The Balaban J connectivity index is 1.28. The molecule has 1 amide bonds. The van der Waals surface area contributed by atoms with Gasteiger partial charge >= 0.3 is 0 Å². The first-order valence-corrected chi connectivity index (χ1v) is 13.3. The summed E-state index contributed by atoms with van der Waals surface area (Å²) in [7, 11) is -3.73. The molecule has 1 fully saturated rings. The van der Waals surface area contributed by atoms with E-state index in [4.69, 9.17) is 0 Å². The number of nitrogens with zero attached hydrogens (tertiary/aromatic N) is 4. The molecule has 0 saturated carbocycles. The number of fused-ring (bicyclic) bond motifs is 1. The molecule has 0 aliphatic carbocycles. The highest BCUT2D eigenvalue weighted by atomic mass is 32.2. The van der Waals surface area contributed by atoms with Gasteiger partial charge in [0.15, 0.2) is 10.2 Å². The van der Waals surface area contributed by atoms with Crippen LogP contribution in [0, 0.1) is 0 Å². The molecule has 11 heteroatoms. The average Bonchev–Trinajstić information content (AvgIpc) is 3.51. The Kier molecular flexibility index (Phi) is 5.70. The Morgan fingerprint density at radius 2 is 1.91 bits per heavy atom. The van der Waals surface area contributed by atoms with Crippen molar-refractivity contribution in [2.75, 3.05) is 11.9 Å². The van der Waals surface area contributed by atoms with Crippen LogP contribution in [0.5, 0.6) is 0 Å². The van der Waals surface area contributed by atoms with Crippen LogP contribution in [0.25, 0.3) is 0 Å². The van der Waals surface area contributed by atoms with E-state index < -0.39 is 16.1 Å². The average molecular weight is 486 g/mol. The van der Waals surface area contributed by atoms with Crippen molar-refractivity contribution in [2.45, 2.75) is 33.9 Å². The fourth-order valence-electron chi connectivity index (χ4n) is 3.82. The number of nitrogens with one attached hydrogen (secondary N) is 1. The van der Waals surface area contributed by atoms with Crippen molar-refractivity contribution < 1.29 is 13.2 Å². The quantitative estimate of drug-likeness (QED) is 0.436. The van der Waals surface area contributed by atoms with Gasteiger partial charge in [0.05, 0.1) is 0 Å². The molecule has 1 aromatic heterocycles. The van der Waals surface area contributed by atoms with Crippen molar-refractivity contribution in [3.05, 3.63) is 65.7 Å². The zero-order valence-electron chi connectivity index (χ0n) is 16.8. The van der Waals surface area contributed by atoms with Gasteiger partial charge in [-0.25, -0.2) is 0 Å². The third kappa shape index (κ3) is 4.15. The van der Waals surface area contributed by atoms with Crippen LogP contribution in [-0.2, 0) is 20.6 Å². The minimum absolute atomic E-state index is 0.185. The number of amidine groups is 1. The predicted octanol–water partition coefficient (Wildman–Crippen LogP) is 3.38. The molecule has 2 aliphatic rings. The number of sulfonamides is 1. The molecule has 3 aromatic rings. The van der Waals surface area contributed by atoms with Crippen molar-refractivity contribution in [1.82, 2.24) is 15.1 Å². The summed E-state index contributed by atoms with van der Waals surface area (Å²) < 4.78 is 29.6. The van der Waals surface area contributed by atoms with Gasteiger partial charge in [0, 0.05) is 17.9 Å². The highest BCUT2D eigenvalue weighted by molar-refractivity contribution is 8.00. The number of hydrogen-bond acceptors (Lipinski definition) is 8. The third-order valence-electron chi connectivity index (χ3n) is 5.28. The van der Waals surface area contributed by atoms with Crippen molar-refractivity contribution in [3.63, 3.8) is 0 Å². The fourth-order valence-corrected chi connectivity index (χ4v) is 6.74. The van der Waals surface area contributed by atoms with E-state index >= 15 is 0 Å². The highest BCUT2D eigenvalue weighted by Crippen LogP contribution is 2.32. The number of rotatable bonds is 5. The standard InChI is InChI=1S/C21H19N5O3S3/c27-19(22-20-23-24-21(31-20)30-13-14-7-2-1-3-8-14)16-10-6-12-26(16)18-15-9-4-5-11-17(15)32(28,29)25-18/h1-5,7-9,11,16H,6,10,12-13H2,(H,22,23,27)/t16-/m0/s1. The van der Waals surface area contributed by atoms with Gasteiger partial charge in [-0.05, 0) is 30.5 Å². The van der Waals surface area contributed by atoms with Crippen molar-refractivity contribution in [3.8, 4) is 0 Å². The number of benzene rings is 2. The molecular formula is C21H19N5O3S3. The molecular weight excluding hydrogens is 466 g/mol. The summed E-state index contributed by atoms with van der Waals surface area (Å²) in [6.07, 6.45) is 1.38. The van der Waals surface area contributed by atoms with E-state index in [1.807, 2.05) is 18.2 Å². The Morgan fingerprint density at radius 1 is 1.12 bits per heavy atom. The van der Waals surface area contributed by atoms with E-state index in [9.17, 15) is 13.2 Å². The third-order valence-corrected chi connectivity index (χ3v) is 8.65. The molecule has 2 aromatic carbocycles. The summed E-state index contributed by atoms with van der Waals surface area (Å²) in [6.45, 7) is 0.565. The normalized spacial score (nSPS) is 18.9.